The molecule has 0 saturated carbocycles. The fourth-order valence-electron chi connectivity index (χ4n) is 3.75. The van der Waals surface area contributed by atoms with E-state index >= 15 is 0 Å². The predicted octanol–water partition coefficient (Wildman–Crippen LogP) is 5.59. The quantitative estimate of drug-likeness (QED) is 0.468. The van der Waals surface area contributed by atoms with Gasteiger partial charge in [0.25, 0.3) is 0 Å². The summed E-state index contributed by atoms with van der Waals surface area (Å²) in [6, 6.07) is 18.1. The smallest absolute Gasteiger partial charge is 0.128 e. The van der Waals surface area contributed by atoms with E-state index < -0.39 is 0 Å². The summed E-state index contributed by atoms with van der Waals surface area (Å²) in [5.41, 5.74) is 5.09. The molecule has 1 aliphatic heterocycles. The molecule has 1 saturated heterocycles. The minimum atomic E-state index is 0.692. The highest BCUT2D eigenvalue weighted by Gasteiger charge is 2.12. The molecule has 154 valence electrons. The second kappa shape index (κ2) is 9.88. The number of nitrogens with zero attached hydrogens (tertiary/aromatic N) is 3. The van der Waals surface area contributed by atoms with Gasteiger partial charge in [0.2, 0.25) is 0 Å². The van der Waals surface area contributed by atoms with E-state index in [1.165, 1.54) is 25.9 Å². The van der Waals surface area contributed by atoms with Crippen LogP contribution in [0.25, 0.3) is 22.4 Å². The molecule has 0 N–H and O–H groups in total. The summed E-state index contributed by atoms with van der Waals surface area (Å²) >= 11 is 5.98. The maximum Gasteiger partial charge on any atom is 0.128 e. The lowest BCUT2D eigenvalue weighted by molar-refractivity contribution is 0.237. The molecule has 30 heavy (non-hydrogen) atoms. The molecule has 0 spiro atoms. The molecule has 1 aliphatic rings. The van der Waals surface area contributed by atoms with Crippen LogP contribution in [0.2, 0.25) is 5.02 Å². The maximum absolute atomic E-state index is 6.06. The van der Waals surface area contributed by atoms with Crippen molar-refractivity contribution in [3.05, 3.63) is 71.4 Å². The van der Waals surface area contributed by atoms with E-state index in [0.717, 1.165) is 45.3 Å². The van der Waals surface area contributed by atoms with Gasteiger partial charge in [-0.2, -0.15) is 0 Å². The molecule has 3 aromatic rings. The highest BCUT2D eigenvalue weighted by molar-refractivity contribution is 6.30. The number of hydrogen-bond donors (Lipinski definition) is 0. The third kappa shape index (κ3) is 5.07. The van der Waals surface area contributed by atoms with E-state index in [1.807, 2.05) is 48.8 Å². The summed E-state index contributed by atoms with van der Waals surface area (Å²) < 4.78 is 6.06. The standard InChI is InChI=1S/C25H26ClN3O/c1-27-17-22-16-20(7-11-25(22)30-15-14-29-12-2-3-13-29)24-10-6-21(18-28-24)19-4-8-23(26)9-5-19/h4-11,16-18H,2-3,12-15H2,1H3. The Kier molecular flexibility index (Phi) is 6.77. The van der Waals surface area contributed by atoms with Gasteiger partial charge in [0.1, 0.15) is 12.4 Å². The second-order valence-electron chi connectivity index (χ2n) is 7.48. The zero-order chi connectivity index (χ0) is 20.8. The Balaban J connectivity index is 1.49. The van der Waals surface area contributed by atoms with Crippen LogP contribution in [-0.4, -0.2) is 49.4 Å². The molecule has 0 unspecified atom stereocenters. The Morgan fingerprint density at radius 1 is 1.00 bits per heavy atom. The summed E-state index contributed by atoms with van der Waals surface area (Å²) in [5.74, 6) is 0.862. The van der Waals surface area contributed by atoms with E-state index in [4.69, 9.17) is 16.3 Å². The molecule has 1 aromatic heterocycles. The van der Waals surface area contributed by atoms with Gasteiger partial charge in [-0.1, -0.05) is 29.8 Å². The van der Waals surface area contributed by atoms with Crippen LogP contribution in [-0.2, 0) is 0 Å². The van der Waals surface area contributed by atoms with Crippen LogP contribution in [0.4, 0.5) is 0 Å². The van der Waals surface area contributed by atoms with Gasteiger partial charge in [0, 0.05) is 47.7 Å². The molecule has 0 bridgehead atoms. The van der Waals surface area contributed by atoms with Crippen LogP contribution in [0.1, 0.15) is 18.4 Å². The van der Waals surface area contributed by atoms with Crippen molar-refractivity contribution in [1.29, 1.82) is 0 Å². The molecule has 2 heterocycles. The van der Waals surface area contributed by atoms with Crippen LogP contribution in [0.15, 0.2) is 65.8 Å². The number of benzene rings is 2. The van der Waals surface area contributed by atoms with Gasteiger partial charge in [-0.05, 0) is 67.9 Å². The average molecular weight is 420 g/mol. The lowest BCUT2D eigenvalue weighted by atomic mass is 10.0. The first-order chi connectivity index (χ1) is 14.7. The molecule has 1 fully saturated rings. The number of rotatable bonds is 7. The molecule has 0 radical (unpaired) electrons. The monoisotopic (exact) mass is 419 g/mol. The van der Waals surface area contributed by atoms with Gasteiger partial charge in [0.15, 0.2) is 0 Å². The van der Waals surface area contributed by atoms with Gasteiger partial charge in [0.05, 0.1) is 5.69 Å². The van der Waals surface area contributed by atoms with Crippen LogP contribution < -0.4 is 4.74 Å². The summed E-state index contributed by atoms with van der Waals surface area (Å²) in [4.78, 5) is 11.3. The van der Waals surface area contributed by atoms with E-state index in [1.54, 1.807) is 7.05 Å². The second-order valence-corrected chi connectivity index (χ2v) is 7.91. The normalized spacial score (nSPS) is 14.5. The van der Waals surface area contributed by atoms with E-state index in [9.17, 15) is 0 Å². The van der Waals surface area contributed by atoms with Crippen molar-refractivity contribution in [2.24, 2.45) is 4.99 Å². The Labute approximate surface area is 183 Å². The third-order valence-corrected chi connectivity index (χ3v) is 5.63. The zero-order valence-electron chi connectivity index (χ0n) is 17.2. The zero-order valence-corrected chi connectivity index (χ0v) is 18.0. The van der Waals surface area contributed by atoms with Crippen molar-refractivity contribution in [1.82, 2.24) is 9.88 Å². The number of aliphatic imine (C=N–C) groups is 1. The molecule has 0 atom stereocenters. The van der Waals surface area contributed by atoms with Crippen LogP contribution in [0.5, 0.6) is 5.75 Å². The lowest BCUT2D eigenvalue weighted by Crippen LogP contribution is -2.25. The number of halogens is 1. The summed E-state index contributed by atoms with van der Waals surface area (Å²) in [5, 5.41) is 0.733. The Bertz CT molecular complexity index is 994. The summed E-state index contributed by atoms with van der Waals surface area (Å²) in [6.45, 7) is 4.03. The van der Waals surface area contributed by atoms with Crippen LogP contribution in [0.3, 0.4) is 0 Å². The molecule has 4 rings (SSSR count). The van der Waals surface area contributed by atoms with E-state index in [2.05, 4.69) is 33.1 Å². The average Bonchev–Trinajstić information content (AvgIpc) is 3.29. The van der Waals surface area contributed by atoms with E-state index in [-0.39, 0.29) is 0 Å². The number of aromatic nitrogens is 1. The Hall–Kier alpha value is -2.69. The first-order valence-corrected chi connectivity index (χ1v) is 10.7. The minimum Gasteiger partial charge on any atom is -0.492 e. The number of ether oxygens (including phenoxy) is 1. The van der Waals surface area contributed by atoms with Crippen molar-refractivity contribution in [3.8, 4) is 28.1 Å². The fraction of sp³-hybridized carbons (Fsp3) is 0.280. The van der Waals surface area contributed by atoms with Crippen molar-refractivity contribution in [2.75, 3.05) is 33.3 Å². The van der Waals surface area contributed by atoms with Gasteiger partial charge in [-0.15, -0.1) is 0 Å². The van der Waals surface area contributed by atoms with Crippen LogP contribution in [0, 0.1) is 0 Å². The number of likely N-dealkylation sites (tertiary alicyclic amines) is 1. The third-order valence-electron chi connectivity index (χ3n) is 5.38. The fourth-order valence-corrected chi connectivity index (χ4v) is 3.87. The molecule has 5 heteroatoms. The van der Waals surface area contributed by atoms with Gasteiger partial charge in [-0.25, -0.2) is 0 Å². The SMILES string of the molecule is CN=Cc1cc(-c2ccc(-c3ccc(Cl)cc3)cn2)ccc1OCCN1CCCC1. The van der Waals surface area contributed by atoms with Gasteiger partial charge >= 0.3 is 0 Å². The topological polar surface area (TPSA) is 37.7 Å². The number of pyridine rings is 1. The highest BCUT2D eigenvalue weighted by Crippen LogP contribution is 2.27. The summed E-state index contributed by atoms with van der Waals surface area (Å²) in [7, 11) is 1.78. The van der Waals surface area contributed by atoms with Crippen LogP contribution >= 0.6 is 11.6 Å². The molecule has 0 aliphatic carbocycles. The van der Waals surface area contributed by atoms with E-state index in [0.29, 0.717) is 6.61 Å². The largest absolute Gasteiger partial charge is 0.492 e. The highest BCUT2D eigenvalue weighted by atomic mass is 35.5. The maximum atomic E-state index is 6.06. The first-order valence-electron chi connectivity index (χ1n) is 10.4. The van der Waals surface area contributed by atoms with Gasteiger partial charge in [-0.3, -0.25) is 14.9 Å². The Morgan fingerprint density at radius 3 is 2.43 bits per heavy atom. The van der Waals surface area contributed by atoms with Crippen molar-refractivity contribution in [2.45, 2.75) is 12.8 Å². The number of hydrogen-bond acceptors (Lipinski definition) is 4. The minimum absolute atomic E-state index is 0.692. The molecule has 2 aromatic carbocycles. The van der Waals surface area contributed by atoms with Gasteiger partial charge < -0.3 is 4.74 Å². The van der Waals surface area contributed by atoms with Crippen molar-refractivity contribution < 1.29 is 4.74 Å². The van der Waals surface area contributed by atoms with Crippen molar-refractivity contribution in [3.63, 3.8) is 0 Å². The molecule has 4 nitrogen and oxygen atoms in total. The molecular weight excluding hydrogens is 394 g/mol. The lowest BCUT2D eigenvalue weighted by Gasteiger charge is -2.16. The predicted molar refractivity (Wildman–Crippen MR) is 125 cm³/mol. The Morgan fingerprint density at radius 2 is 1.73 bits per heavy atom. The van der Waals surface area contributed by atoms with Crippen molar-refractivity contribution >= 4 is 17.8 Å². The molecular formula is C25H26ClN3O. The first kappa shape index (κ1) is 20.6. The summed E-state index contributed by atoms with van der Waals surface area (Å²) in [6.07, 6.45) is 6.34. The molecule has 0 amide bonds.